The van der Waals surface area contributed by atoms with Crippen LogP contribution in [-0.2, 0) is 9.53 Å². The fourth-order valence-corrected chi connectivity index (χ4v) is 2.40. The van der Waals surface area contributed by atoms with Gasteiger partial charge in [0.1, 0.15) is 6.61 Å². The van der Waals surface area contributed by atoms with E-state index in [-0.39, 0.29) is 5.97 Å². The van der Waals surface area contributed by atoms with Crippen molar-refractivity contribution >= 4 is 17.1 Å². The van der Waals surface area contributed by atoms with E-state index in [0.717, 1.165) is 16.7 Å². The number of hydrogen-bond acceptors (Lipinski definition) is 2. The fourth-order valence-electron chi connectivity index (χ4n) is 2.40. The van der Waals surface area contributed by atoms with Gasteiger partial charge in [-0.1, -0.05) is 59.7 Å². The minimum atomic E-state index is -0.232. The number of hydrogen-bond donors (Lipinski definition) is 0. The van der Waals surface area contributed by atoms with Gasteiger partial charge in [0.05, 0.1) is 5.57 Å². The van der Waals surface area contributed by atoms with E-state index < -0.39 is 0 Å². The topological polar surface area (TPSA) is 26.3 Å². The lowest BCUT2D eigenvalue weighted by Crippen LogP contribution is -1.98. The second-order valence-corrected chi connectivity index (χ2v) is 5.16. The molecule has 0 spiro atoms. The Balaban J connectivity index is 2.12. The number of carbonyl (C=O) groups excluding carboxylic acids is 1. The third kappa shape index (κ3) is 2.25. The Hall–Kier alpha value is -2.35. The van der Waals surface area contributed by atoms with Crippen molar-refractivity contribution in [1.29, 1.82) is 0 Å². The molecule has 100 valence electrons. The van der Waals surface area contributed by atoms with Gasteiger partial charge in [0.2, 0.25) is 0 Å². The van der Waals surface area contributed by atoms with Gasteiger partial charge in [-0.25, -0.2) is 4.79 Å². The highest BCUT2D eigenvalue weighted by Gasteiger charge is 2.26. The first-order valence-electron chi connectivity index (χ1n) is 6.69. The van der Waals surface area contributed by atoms with Crippen molar-refractivity contribution in [1.82, 2.24) is 0 Å². The van der Waals surface area contributed by atoms with Gasteiger partial charge in [-0.3, -0.25) is 0 Å². The monoisotopic (exact) mass is 264 g/mol. The lowest BCUT2D eigenvalue weighted by atomic mass is 9.96. The van der Waals surface area contributed by atoms with Gasteiger partial charge in [0, 0.05) is 5.57 Å². The zero-order valence-electron chi connectivity index (χ0n) is 11.6. The predicted octanol–water partition coefficient (Wildman–Crippen LogP) is 3.77. The first-order valence-corrected chi connectivity index (χ1v) is 6.69. The normalized spacial score (nSPS) is 14.6. The van der Waals surface area contributed by atoms with E-state index >= 15 is 0 Å². The molecule has 3 rings (SSSR count). The molecule has 2 heteroatoms. The van der Waals surface area contributed by atoms with E-state index in [2.05, 4.69) is 19.1 Å². The molecule has 1 heterocycles. The number of esters is 1. The Morgan fingerprint density at radius 2 is 1.30 bits per heavy atom. The van der Waals surface area contributed by atoms with Crippen LogP contribution in [0, 0.1) is 13.8 Å². The Morgan fingerprint density at radius 3 is 1.85 bits per heavy atom. The van der Waals surface area contributed by atoms with Crippen LogP contribution in [0.1, 0.15) is 22.3 Å². The molecular weight excluding hydrogens is 248 g/mol. The van der Waals surface area contributed by atoms with Crippen LogP contribution in [0.15, 0.2) is 48.5 Å². The lowest BCUT2D eigenvalue weighted by Gasteiger charge is -2.05. The van der Waals surface area contributed by atoms with Crippen molar-refractivity contribution < 1.29 is 9.53 Å². The average molecular weight is 264 g/mol. The minimum Gasteiger partial charge on any atom is -0.457 e. The Bertz CT molecular complexity index is 676. The highest BCUT2D eigenvalue weighted by molar-refractivity contribution is 6.27. The molecule has 2 aromatic rings. The second kappa shape index (κ2) is 4.97. The first kappa shape index (κ1) is 12.7. The summed E-state index contributed by atoms with van der Waals surface area (Å²) in [5.41, 5.74) is 6.02. The van der Waals surface area contributed by atoms with Gasteiger partial charge in [-0.2, -0.15) is 0 Å². The molecular formula is C18H16O2. The molecule has 0 amide bonds. The average Bonchev–Trinajstić information content (AvgIpc) is 2.83. The van der Waals surface area contributed by atoms with Crippen LogP contribution in [0.3, 0.4) is 0 Å². The quantitative estimate of drug-likeness (QED) is 0.772. The summed E-state index contributed by atoms with van der Waals surface area (Å²) in [5, 5.41) is 0. The van der Waals surface area contributed by atoms with Crippen LogP contribution in [0.4, 0.5) is 0 Å². The van der Waals surface area contributed by atoms with E-state index in [1.165, 1.54) is 11.1 Å². The van der Waals surface area contributed by atoms with Gasteiger partial charge in [-0.15, -0.1) is 0 Å². The van der Waals surface area contributed by atoms with Crippen LogP contribution >= 0.6 is 0 Å². The van der Waals surface area contributed by atoms with Crippen molar-refractivity contribution in [3.05, 3.63) is 70.8 Å². The maximum atomic E-state index is 12.0. The number of benzene rings is 2. The summed E-state index contributed by atoms with van der Waals surface area (Å²) in [7, 11) is 0. The summed E-state index contributed by atoms with van der Waals surface area (Å²) in [4.78, 5) is 12.0. The third-order valence-electron chi connectivity index (χ3n) is 3.59. The molecule has 0 N–H and O–H groups in total. The molecule has 0 radical (unpaired) electrons. The molecule has 20 heavy (non-hydrogen) atoms. The number of aryl methyl sites for hydroxylation is 2. The van der Waals surface area contributed by atoms with Crippen LogP contribution in [0.5, 0.6) is 0 Å². The first-order chi connectivity index (χ1) is 9.65. The molecule has 0 aromatic heterocycles. The standard InChI is InChI=1S/C18H16O2/c1-12-3-7-14(8-4-12)16-11-20-18(19)17(16)15-9-5-13(2)6-10-15/h3-10H,11H2,1-2H3. The van der Waals surface area contributed by atoms with Gasteiger partial charge < -0.3 is 4.74 Å². The predicted molar refractivity (Wildman–Crippen MR) is 80.1 cm³/mol. The van der Waals surface area contributed by atoms with Crippen molar-refractivity contribution in [3.8, 4) is 0 Å². The van der Waals surface area contributed by atoms with Gasteiger partial charge in [-0.05, 0) is 25.0 Å². The van der Waals surface area contributed by atoms with Gasteiger partial charge in [0.15, 0.2) is 0 Å². The largest absolute Gasteiger partial charge is 0.457 e. The zero-order chi connectivity index (χ0) is 14.1. The van der Waals surface area contributed by atoms with Crippen LogP contribution in [0.25, 0.3) is 11.1 Å². The molecule has 1 aliphatic rings. The summed E-state index contributed by atoms with van der Waals surface area (Å²) >= 11 is 0. The molecule has 0 bridgehead atoms. The number of cyclic esters (lactones) is 1. The SMILES string of the molecule is Cc1ccc(C2=C(c3ccc(C)cc3)C(=O)OC2)cc1. The molecule has 2 nitrogen and oxygen atoms in total. The van der Waals surface area contributed by atoms with Crippen molar-refractivity contribution in [2.75, 3.05) is 6.61 Å². The fraction of sp³-hybridized carbons (Fsp3) is 0.167. The summed E-state index contributed by atoms with van der Waals surface area (Å²) in [6.45, 7) is 4.44. The lowest BCUT2D eigenvalue weighted by molar-refractivity contribution is -0.133. The molecule has 0 saturated carbocycles. The molecule has 0 unspecified atom stereocenters. The molecule has 1 aliphatic heterocycles. The zero-order valence-corrected chi connectivity index (χ0v) is 11.6. The summed E-state index contributed by atoms with van der Waals surface area (Å²) in [5.74, 6) is -0.232. The smallest absolute Gasteiger partial charge is 0.339 e. The van der Waals surface area contributed by atoms with Crippen molar-refractivity contribution in [2.45, 2.75) is 13.8 Å². The Morgan fingerprint density at radius 1 is 0.800 bits per heavy atom. The maximum absolute atomic E-state index is 12.0. The van der Waals surface area contributed by atoms with E-state index in [1.54, 1.807) is 0 Å². The highest BCUT2D eigenvalue weighted by atomic mass is 16.5. The van der Waals surface area contributed by atoms with Gasteiger partial charge in [0.25, 0.3) is 0 Å². The van der Waals surface area contributed by atoms with E-state index in [0.29, 0.717) is 12.2 Å². The summed E-state index contributed by atoms with van der Waals surface area (Å²) in [6.07, 6.45) is 0. The van der Waals surface area contributed by atoms with E-state index in [4.69, 9.17) is 4.74 Å². The van der Waals surface area contributed by atoms with Crippen LogP contribution in [-0.4, -0.2) is 12.6 Å². The van der Waals surface area contributed by atoms with E-state index in [1.807, 2.05) is 43.3 Å². The maximum Gasteiger partial charge on any atom is 0.339 e. The molecule has 2 aromatic carbocycles. The Kier molecular flexibility index (Phi) is 3.15. The third-order valence-corrected chi connectivity index (χ3v) is 3.59. The molecule has 0 saturated heterocycles. The van der Waals surface area contributed by atoms with Crippen LogP contribution in [0.2, 0.25) is 0 Å². The molecule has 0 fully saturated rings. The summed E-state index contributed by atoms with van der Waals surface area (Å²) < 4.78 is 5.23. The van der Waals surface area contributed by atoms with Crippen molar-refractivity contribution in [2.24, 2.45) is 0 Å². The van der Waals surface area contributed by atoms with Gasteiger partial charge >= 0.3 is 5.97 Å². The number of rotatable bonds is 2. The van der Waals surface area contributed by atoms with Crippen LogP contribution < -0.4 is 0 Å². The second-order valence-electron chi connectivity index (χ2n) is 5.16. The minimum absolute atomic E-state index is 0.232. The Labute approximate surface area is 118 Å². The highest BCUT2D eigenvalue weighted by Crippen LogP contribution is 2.32. The molecule has 0 aliphatic carbocycles. The summed E-state index contributed by atoms with van der Waals surface area (Å²) in [6, 6.07) is 16.2. The molecule has 0 atom stereocenters. The number of carbonyl (C=O) groups is 1. The number of ether oxygens (including phenoxy) is 1. The van der Waals surface area contributed by atoms with Crippen molar-refractivity contribution in [3.63, 3.8) is 0 Å². The van der Waals surface area contributed by atoms with E-state index in [9.17, 15) is 4.79 Å².